The van der Waals surface area contributed by atoms with Crippen LogP contribution in [0.25, 0.3) is 0 Å². The molecule has 0 bridgehead atoms. The van der Waals surface area contributed by atoms with Gasteiger partial charge in [-0.2, -0.15) is 0 Å². The molecule has 0 saturated carbocycles. The summed E-state index contributed by atoms with van der Waals surface area (Å²) in [5.74, 6) is -0.847. The lowest BCUT2D eigenvalue weighted by atomic mass is 10.1. The summed E-state index contributed by atoms with van der Waals surface area (Å²) in [6.45, 7) is 2.43. The molecule has 0 aliphatic rings. The topological polar surface area (TPSA) is 69.6 Å². The lowest BCUT2D eigenvalue weighted by Gasteiger charge is -2.19. The molecule has 1 rings (SSSR count). The van der Waals surface area contributed by atoms with E-state index in [4.69, 9.17) is 5.11 Å². The van der Waals surface area contributed by atoms with Crippen molar-refractivity contribution in [1.82, 2.24) is 4.90 Å². The quantitative estimate of drug-likeness (QED) is 0.832. The summed E-state index contributed by atoms with van der Waals surface area (Å²) in [7, 11) is 1.65. The molecule has 6 heteroatoms. The third-order valence-corrected chi connectivity index (χ3v) is 3.41. The van der Waals surface area contributed by atoms with Crippen molar-refractivity contribution in [3.63, 3.8) is 0 Å². The average Bonchev–Trinajstić information content (AvgIpc) is 2.40. The molecule has 5 nitrogen and oxygen atoms in total. The second-order valence-electron chi connectivity index (χ2n) is 4.50. The minimum Gasteiger partial charge on any atom is -0.481 e. The van der Waals surface area contributed by atoms with Gasteiger partial charge in [0.15, 0.2) is 0 Å². The third kappa shape index (κ3) is 5.21. The standard InChI is InChI=1S/C14H19BrN2O3/c1-3-10-9-11(15)6-7-12(10)16-14(20)17(2)8-4-5-13(18)19/h6-7,9H,3-5,8H2,1-2H3,(H,16,20)(H,18,19). The molecule has 0 spiro atoms. The van der Waals surface area contributed by atoms with E-state index >= 15 is 0 Å². The summed E-state index contributed by atoms with van der Waals surface area (Å²) in [4.78, 5) is 23.9. The number of carbonyl (C=O) groups excluding carboxylic acids is 1. The van der Waals surface area contributed by atoms with Gasteiger partial charge in [0.05, 0.1) is 0 Å². The number of benzene rings is 1. The maximum Gasteiger partial charge on any atom is 0.321 e. The average molecular weight is 343 g/mol. The number of aliphatic carboxylic acids is 1. The zero-order chi connectivity index (χ0) is 15.1. The van der Waals surface area contributed by atoms with Crippen LogP contribution in [0.5, 0.6) is 0 Å². The van der Waals surface area contributed by atoms with Crippen molar-refractivity contribution < 1.29 is 14.7 Å². The molecule has 0 heterocycles. The van der Waals surface area contributed by atoms with Crippen LogP contribution in [0.1, 0.15) is 25.3 Å². The van der Waals surface area contributed by atoms with Crippen molar-refractivity contribution in [2.24, 2.45) is 0 Å². The number of hydrogen-bond donors (Lipinski definition) is 2. The summed E-state index contributed by atoms with van der Waals surface area (Å²) in [5, 5.41) is 11.4. The van der Waals surface area contributed by atoms with Gasteiger partial charge in [-0.25, -0.2) is 4.79 Å². The van der Waals surface area contributed by atoms with Crippen molar-refractivity contribution in [3.05, 3.63) is 28.2 Å². The van der Waals surface area contributed by atoms with E-state index in [9.17, 15) is 9.59 Å². The lowest BCUT2D eigenvalue weighted by Crippen LogP contribution is -2.32. The molecule has 0 saturated heterocycles. The number of nitrogens with zero attached hydrogens (tertiary/aromatic N) is 1. The lowest BCUT2D eigenvalue weighted by molar-refractivity contribution is -0.137. The van der Waals surface area contributed by atoms with E-state index < -0.39 is 5.97 Å². The Morgan fingerprint density at radius 2 is 2.10 bits per heavy atom. The van der Waals surface area contributed by atoms with Gasteiger partial charge >= 0.3 is 12.0 Å². The van der Waals surface area contributed by atoms with Crippen LogP contribution in [-0.2, 0) is 11.2 Å². The molecule has 20 heavy (non-hydrogen) atoms. The van der Waals surface area contributed by atoms with E-state index in [1.165, 1.54) is 4.90 Å². The van der Waals surface area contributed by atoms with E-state index in [0.717, 1.165) is 22.1 Å². The molecule has 1 aromatic carbocycles. The number of urea groups is 1. The van der Waals surface area contributed by atoms with Gasteiger partial charge in [0.1, 0.15) is 0 Å². The van der Waals surface area contributed by atoms with Gasteiger partial charge < -0.3 is 15.3 Å². The number of carbonyl (C=O) groups is 2. The summed E-state index contributed by atoms with van der Waals surface area (Å²) in [6, 6.07) is 5.47. The van der Waals surface area contributed by atoms with E-state index in [2.05, 4.69) is 21.2 Å². The van der Waals surface area contributed by atoms with Crippen molar-refractivity contribution in [3.8, 4) is 0 Å². The molecule has 0 atom stereocenters. The van der Waals surface area contributed by atoms with E-state index in [1.54, 1.807) is 7.05 Å². The Hall–Kier alpha value is -1.56. The van der Waals surface area contributed by atoms with Crippen LogP contribution < -0.4 is 5.32 Å². The van der Waals surface area contributed by atoms with Gasteiger partial charge in [0, 0.05) is 30.2 Å². The minimum atomic E-state index is -0.847. The van der Waals surface area contributed by atoms with Gasteiger partial charge in [0.25, 0.3) is 0 Å². The Bertz CT molecular complexity index is 491. The smallest absolute Gasteiger partial charge is 0.321 e. The number of nitrogens with one attached hydrogen (secondary N) is 1. The van der Waals surface area contributed by atoms with Gasteiger partial charge in [-0.1, -0.05) is 22.9 Å². The number of rotatable bonds is 6. The molecule has 1 aromatic rings. The SMILES string of the molecule is CCc1cc(Br)ccc1NC(=O)N(C)CCCC(=O)O. The van der Waals surface area contributed by atoms with Gasteiger partial charge in [-0.3, -0.25) is 4.79 Å². The highest BCUT2D eigenvalue weighted by molar-refractivity contribution is 9.10. The Kier molecular flexibility index (Phi) is 6.51. The van der Waals surface area contributed by atoms with Crippen molar-refractivity contribution in [2.45, 2.75) is 26.2 Å². The summed E-state index contributed by atoms with van der Waals surface area (Å²) < 4.78 is 0.974. The molecule has 2 N–H and O–H groups in total. The van der Waals surface area contributed by atoms with Gasteiger partial charge in [-0.05, 0) is 36.6 Å². The summed E-state index contributed by atoms with van der Waals surface area (Å²) in [5.41, 5.74) is 1.83. The predicted molar refractivity (Wildman–Crippen MR) is 82.0 cm³/mol. The molecule has 0 aromatic heterocycles. The normalized spacial score (nSPS) is 10.2. The molecule has 0 aliphatic heterocycles. The van der Waals surface area contributed by atoms with Crippen molar-refractivity contribution >= 4 is 33.6 Å². The number of amides is 2. The van der Waals surface area contributed by atoms with E-state index in [1.807, 2.05) is 25.1 Å². The maximum absolute atomic E-state index is 12.0. The Labute approximate surface area is 127 Å². The predicted octanol–water partition coefficient (Wildman–Crippen LogP) is 3.34. The summed E-state index contributed by atoms with van der Waals surface area (Å²) >= 11 is 3.40. The molecule has 0 aliphatic carbocycles. The first-order chi connectivity index (χ1) is 9.43. The first-order valence-corrected chi connectivity index (χ1v) is 7.25. The van der Waals surface area contributed by atoms with Crippen molar-refractivity contribution in [2.75, 3.05) is 18.9 Å². The number of aryl methyl sites for hydroxylation is 1. The van der Waals surface area contributed by atoms with Crippen LogP contribution >= 0.6 is 15.9 Å². The molecule has 0 fully saturated rings. The Morgan fingerprint density at radius 3 is 2.70 bits per heavy atom. The van der Waals surface area contributed by atoms with Crippen LogP contribution in [0.4, 0.5) is 10.5 Å². The Morgan fingerprint density at radius 1 is 1.40 bits per heavy atom. The third-order valence-electron chi connectivity index (χ3n) is 2.92. The summed E-state index contributed by atoms with van der Waals surface area (Å²) in [6.07, 6.45) is 1.33. The largest absolute Gasteiger partial charge is 0.481 e. The number of halogens is 1. The number of hydrogen-bond acceptors (Lipinski definition) is 2. The van der Waals surface area contributed by atoms with Crippen LogP contribution in [0.15, 0.2) is 22.7 Å². The first kappa shape index (κ1) is 16.5. The monoisotopic (exact) mass is 342 g/mol. The van der Waals surface area contributed by atoms with E-state index in [0.29, 0.717) is 13.0 Å². The zero-order valence-corrected chi connectivity index (χ0v) is 13.2. The first-order valence-electron chi connectivity index (χ1n) is 6.46. The molecule has 110 valence electrons. The molecular formula is C14H19BrN2O3. The second-order valence-corrected chi connectivity index (χ2v) is 5.42. The fourth-order valence-electron chi connectivity index (χ4n) is 1.76. The molecule has 0 unspecified atom stereocenters. The van der Waals surface area contributed by atoms with Crippen LogP contribution in [0.2, 0.25) is 0 Å². The highest BCUT2D eigenvalue weighted by Crippen LogP contribution is 2.21. The molecular weight excluding hydrogens is 324 g/mol. The highest BCUT2D eigenvalue weighted by atomic mass is 79.9. The fourth-order valence-corrected chi connectivity index (χ4v) is 2.16. The van der Waals surface area contributed by atoms with E-state index in [-0.39, 0.29) is 12.5 Å². The van der Waals surface area contributed by atoms with Crippen LogP contribution in [0, 0.1) is 0 Å². The Balaban J connectivity index is 2.59. The van der Waals surface area contributed by atoms with Crippen LogP contribution in [0.3, 0.4) is 0 Å². The minimum absolute atomic E-state index is 0.0656. The fraction of sp³-hybridized carbons (Fsp3) is 0.429. The second kappa shape index (κ2) is 7.89. The van der Waals surface area contributed by atoms with Crippen molar-refractivity contribution in [1.29, 1.82) is 0 Å². The number of carboxylic acids is 1. The zero-order valence-electron chi connectivity index (χ0n) is 11.6. The van der Waals surface area contributed by atoms with Crippen LogP contribution in [-0.4, -0.2) is 35.6 Å². The van der Waals surface area contributed by atoms with Gasteiger partial charge in [-0.15, -0.1) is 0 Å². The van der Waals surface area contributed by atoms with Gasteiger partial charge in [0.2, 0.25) is 0 Å². The number of anilines is 1. The number of carboxylic acid groups (broad SMARTS) is 1. The highest BCUT2D eigenvalue weighted by Gasteiger charge is 2.11. The maximum atomic E-state index is 12.0. The molecule has 2 amide bonds. The molecule has 0 radical (unpaired) electrons.